The zero-order valence-corrected chi connectivity index (χ0v) is 14.6. The van der Waals surface area contributed by atoms with Gasteiger partial charge in [0, 0.05) is 24.3 Å². The predicted octanol–water partition coefficient (Wildman–Crippen LogP) is 1.78. The maximum absolute atomic E-state index is 12.5. The molecule has 1 N–H and O–H groups in total. The number of carbonyl (C=O) groups is 1. The lowest BCUT2D eigenvalue weighted by Crippen LogP contribution is -2.44. The highest BCUT2D eigenvalue weighted by molar-refractivity contribution is 7.92. The van der Waals surface area contributed by atoms with Crippen molar-refractivity contribution in [2.24, 2.45) is 0 Å². The molecule has 0 aliphatic carbocycles. The fourth-order valence-corrected chi connectivity index (χ4v) is 3.83. The smallest absolute Gasteiger partial charge is 0.240 e. The number of sulfone groups is 1. The molecule has 1 aliphatic heterocycles. The minimum Gasteiger partial charge on any atom is -0.340 e. The second-order valence-electron chi connectivity index (χ2n) is 5.98. The standard InChI is InChI=1S/C17H21N3O3S/c1-3-24(22,23)12(2)17(21)20-10-9-14-15(11-20)19-16(18-14)13-7-5-4-6-8-13/h4-8,12H,3,9-11H2,1-2H3,(H,18,19)/t12-/m0/s1. The van der Waals surface area contributed by atoms with Crippen LogP contribution in [-0.2, 0) is 27.6 Å². The molecule has 7 heteroatoms. The number of rotatable bonds is 4. The molecular formula is C17H21N3O3S. The van der Waals surface area contributed by atoms with Crippen LogP contribution < -0.4 is 0 Å². The lowest BCUT2D eigenvalue weighted by molar-refractivity contribution is -0.131. The van der Waals surface area contributed by atoms with Crippen molar-refractivity contribution in [3.8, 4) is 11.4 Å². The van der Waals surface area contributed by atoms with Crippen LogP contribution in [0.1, 0.15) is 25.2 Å². The van der Waals surface area contributed by atoms with E-state index in [1.807, 2.05) is 30.3 Å². The quantitative estimate of drug-likeness (QED) is 0.914. The molecule has 1 amide bonds. The first-order valence-corrected chi connectivity index (χ1v) is 9.77. The van der Waals surface area contributed by atoms with Crippen LogP contribution in [0, 0.1) is 0 Å². The Morgan fingerprint density at radius 3 is 2.71 bits per heavy atom. The van der Waals surface area contributed by atoms with Crippen molar-refractivity contribution in [1.82, 2.24) is 14.9 Å². The van der Waals surface area contributed by atoms with Crippen LogP contribution >= 0.6 is 0 Å². The van der Waals surface area contributed by atoms with E-state index in [-0.39, 0.29) is 11.7 Å². The van der Waals surface area contributed by atoms with E-state index >= 15 is 0 Å². The Morgan fingerprint density at radius 1 is 1.33 bits per heavy atom. The van der Waals surface area contributed by atoms with Crippen LogP contribution in [0.15, 0.2) is 30.3 Å². The number of hydrogen-bond acceptors (Lipinski definition) is 4. The van der Waals surface area contributed by atoms with Crippen LogP contribution in [0.25, 0.3) is 11.4 Å². The summed E-state index contributed by atoms with van der Waals surface area (Å²) >= 11 is 0. The molecule has 3 rings (SSSR count). The lowest BCUT2D eigenvalue weighted by atomic mass is 10.1. The normalized spacial score (nSPS) is 15.8. The summed E-state index contributed by atoms with van der Waals surface area (Å²) in [6.07, 6.45) is 0.628. The van der Waals surface area contributed by atoms with Crippen LogP contribution in [0.4, 0.5) is 0 Å². The van der Waals surface area contributed by atoms with Crippen LogP contribution in [0.3, 0.4) is 0 Å². The summed E-state index contributed by atoms with van der Waals surface area (Å²) in [5.74, 6) is 0.420. The van der Waals surface area contributed by atoms with Gasteiger partial charge in [-0.3, -0.25) is 4.79 Å². The van der Waals surface area contributed by atoms with Crippen LogP contribution in [0.5, 0.6) is 0 Å². The highest BCUT2D eigenvalue weighted by atomic mass is 32.2. The molecule has 24 heavy (non-hydrogen) atoms. The van der Waals surface area contributed by atoms with E-state index < -0.39 is 15.1 Å². The van der Waals surface area contributed by atoms with Crippen molar-refractivity contribution >= 4 is 15.7 Å². The molecular weight excluding hydrogens is 326 g/mol. The van der Waals surface area contributed by atoms with E-state index in [2.05, 4.69) is 9.97 Å². The van der Waals surface area contributed by atoms with Gasteiger partial charge in [-0.25, -0.2) is 13.4 Å². The van der Waals surface area contributed by atoms with Gasteiger partial charge in [-0.2, -0.15) is 0 Å². The van der Waals surface area contributed by atoms with E-state index in [0.29, 0.717) is 19.5 Å². The Hall–Kier alpha value is -2.15. The summed E-state index contributed by atoms with van der Waals surface area (Å²) in [6, 6.07) is 9.79. The second-order valence-corrected chi connectivity index (χ2v) is 8.59. The number of hydrogen-bond donors (Lipinski definition) is 1. The predicted molar refractivity (Wildman–Crippen MR) is 92.1 cm³/mol. The number of fused-ring (bicyclic) bond motifs is 1. The van der Waals surface area contributed by atoms with E-state index in [9.17, 15) is 13.2 Å². The van der Waals surface area contributed by atoms with E-state index in [4.69, 9.17) is 0 Å². The Kier molecular flexibility index (Phi) is 4.45. The molecule has 0 fully saturated rings. The summed E-state index contributed by atoms with van der Waals surface area (Å²) < 4.78 is 23.9. The van der Waals surface area contributed by atoms with Crippen molar-refractivity contribution in [3.05, 3.63) is 41.7 Å². The Balaban J connectivity index is 1.80. The fourth-order valence-electron chi connectivity index (χ4n) is 2.88. The van der Waals surface area contributed by atoms with Gasteiger partial charge in [-0.1, -0.05) is 37.3 Å². The third kappa shape index (κ3) is 3.08. The minimum absolute atomic E-state index is 0.0266. The van der Waals surface area contributed by atoms with E-state index in [0.717, 1.165) is 22.8 Å². The Morgan fingerprint density at radius 2 is 2.04 bits per heavy atom. The largest absolute Gasteiger partial charge is 0.340 e. The summed E-state index contributed by atoms with van der Waals surface area (Å²) in [6.45, 7) is 3.90. The Labute approximate surface area is 141 Å². The molecule has 1 aliphatic rings. The first-order chi connectivity index (χ1) is 11.4. The molecule has 1 atom stereocenters. The molecule has 6 nitrogen and oxygen atoms in total. The molecule has 2 heterocycles. The summed E-state index contributed by atoms with van der Waals surface area (Å²) in [5.41, 5.74) is 2.82. The van der Waals surface area contributed by atoms with Gasteiger partial charge in [0.05, 0.1) is 17.9 Å². The van der Waals surface area contributed by atoms with Gasteiger partial charge < -0.3 is 9.88 Å². The minimum atomic E-state index is -3.38. The number of imidazole rings is 1. The van der Waals surface area contributed by atoms with E-state index in [1.54, 1.807) is 11.8 Å². The molecule has 0 bridgehead atoms. The molecule has 2 aromatic rings. The van der Waals surface area contributed by atoms with Crippen molar-refractivity contribution < 1.29 is 13.2 Å². The summed E-state index contributed by atoms with van der Waals surface area (Å²) in [5, 5.41) is -0.999. The molecule has 0 unspecified atom stereocenters. The molecule has 0 saturated carbocycles. The third-order valence-corrected chi connectivity index (χ3v) is 6.56. The second kappa shape index (κ2) is 6.39. The third-order valence-electron chi connectivity index (χ3n) is 4.48. The maximum atomic E-state index is 12.5. The molecule has 1 aromatic carbocycles. The molecule has 0 spiro atoms. The molecule has 0 saturated heterocycles. The number of H-pyrrole nitrogens is 1. The fraction of sp³-hybridized carbons (Fsp3) is 0.412. The van der Waals surface area contributed by atoms with Gasteiger partial charge in [0.2, 0.25) is 5.91 Å². The summed E-state index contributed by atoms with van der Waals surface area (Å²) in [4.78, 5) is 22.0. The van der Waals surface area contributed by atoms with E-state index in [1.165, 1.54) is 6.92 Å². The van der Waals surface area contributed by atoms with Gasteiger partial charge in [-0.05, 0) is 6.92 Å². The lowest BCUT2D eigenvalue weighted by Gasteiger charge is -2.28. The number of nitrogens with one attached hydrogen (secondary N) is 1. The average molecular weight is 347 g/mol. The Bertz CT molecular complexity index is 843. The SMILES string of the molecule is CCS(=O)(=O)[C@@H](C)C(=O)N1CCc2nc(-c3ccccc3)[nH]c2C1. The van der Waals surface area contributed by atoms with Gasteiger partial charge >= 0.3 is 0 Å². The highest BCUT2D eigenvalue weighted by Gasteiger charge is 2.32. The molecule has 128 valence electrons. The number of carbonyl (C=O) groups excluding carboxylic acids is 1. The van der Waals surface area contributed by atoms with Gasteiger partial charge in [-0.15, -0.1) is 0 Å². The van der Waals surface area contributed by atoms with Crippen molar-refractivity contribution in [2.75, 3.05) is 12.3 Å². The van der Waals surface area contributed by atoms with Crippen molar-refractivity contribution in [3.63, 3.8) is 0 Å². The van der Waals surface area contributed by atoms with Gasteiger partial charge in [0.25, 0.3) is 0 Å². The zero-order chi connectivity index (χ0) is 17.3. The zero-order valence-electron chi connectivity index (χ0n) is 13.8. The number of nitrogens with zero attached hydrogens (tertiary/aromatic N) is 2. The molecule has 0 radical (unpaired) electrons. The monoisotopic (exact) mass is 347 g/mol. The van der Waals surface area contributed by atoms with Crippen LogP contribution in [-0.4, -0.2) is 46.7 Å². The van der Waals surface area contributed by atoms with Crippen LogP contribution in [0.2, 0.25) is 0 Å². The van der Waals surface area contributed by atoms with Gasteiger partial charge in [0.1, 0.15) is 11.1 Å². The molecule has 1 aromatic heterocycles. The number of amides is 1. The first kappa shape index (κ1) is 16.7. The van der Waals surface area contributed by atoms with Crippen molar-refractivity contribution in [1.29, 1.82) is 0 Å². The number of benzene rings is 1. The first-order valence-electron chi connectivity index (χ1n) is 8.06. The number of aromatic amines is 1. The summed E-state index contributed by atoms with van der Waals surface area (Å²) in [7, 11) is -3.38. The average Bonchev–Trinajstić information content (AvgIpc) is 3.04. The number of aromatic nitrogens is 2. The maximum Gasteiger partial charge on any atom is 0.240 e. The van der Waals surface area contributed by atoms with Gasteiger partial charge in [0.15, 0.2) is 9.84 Å². The highest BCUT2D eigenvalue weighted by Crippen LogP contribution is 2.23. The topological polar surface area (TPSA) is 83.1 Å². The van der Waals surface area contributed by atoms with Crippen molar-refractivity contribution in [2.45, 2.75) is 32.1 Å².